The number of carboxylic acids is 1. The number of anilines is 1. The van der Waals surface area contributed by atoms with E-state index in [0.717, 1.165) is 19.3 Å². The molecule has 92 valence electrons. The van der Waals surface area contributed by atoms with Gasteiger partial charge in [-0.2, -0.15) is 0 Å². The standard InChI is InChI=1S/C11H14N2O3S/c12-11-13-9(6-17-11)8(10(14)15)5-7-3-1-2-4-16-7/h5-7H,1-4H2,(H2,12,13)(H,14,15). The van der Waals surface area contributed by atoms with Gasteiger partial charge < -0.3 is 15.6 Å². The summed E-state index contributed by atoms with van der Waals surface area (Å²) in [5.74, 6) is -0.996. The lowest BCUT2D eigenvalue weighted by atomic mass is 10.0. The summed E-state index contributed by atoms with van der Waals surface area (Å²) in [6.07, 6.45) is 4.47. The van der Waals surface area contributed by atoms with Crippen molar-refractivity contribution in [3.05, 3.63) is 17.2 Å². The van der Waals surface area contributed by atoms with Crippen molar-refractivity contribution in [3.8, 4) is 0 Å². The number of nitrogen functional groups attached to an aromatic ring is 1. The van der Waals surface area contributed by atoms with E-state index in [1.165, 1.54) is 11.3 Å². The van der Waals surface area contributed by atoms with Crippen LogP contribution in [0, 0.1) is 0 Å². The van der Waals surface area contributed by atoms with Crippen LogP contribution >= 0.6 is 11.3 Å². The molecule has 2 rings (SSSR count). The molecule has 1 aliphatic rings. The van der Waals surface area contributed by atoms with Gasteiger partial charge >= 0.3 is 5.97 Å². The van der Waals surface area contributed by atoms with Crippen molar-refractivity contribution in [2.24, 2.45) is 0 Å². The molecule has 1 aliphatic heterocycles. The normalized spacial score (nSPS) is 21.4. The van der Waals surface area contributed by atoms with Gasteiger partial charge in [0, 0.05) is 12.0 Å². The van der Waals surface area contributed by atoms with Crippen LogP contribution in [0.5, 0.6) is 0 Å². The Bertz CT molecular complexity index is 436. The SMILES string of the molecule is Nc1nc(C(=CC2CCCCO2)C(=O)O)cs1. The highest BCUT2D eigenvalue weighted by molar-refractivity contribution is 7.13. The van der Waals surface area contributed by atoms with Crippen molar-refractivity contribution < 1.29 is 14.6 Å². The van der Waals surface area contributed by atoms with Gasteiger partial charge in [-0.25, -0.2) is 9.78 Å². The number of nitrogens with two attached hydrogens (primary N) is 1. The summed E-state index contributed by atoms with van der Waals surface area (Å²) < 4.78 is 5.49. The molecule has 1 fully saturated rings. The molecule has 0 radical (unpaired) electrons. The smallest absolute Gasteiger partial charge is 0.337 e. The molecule has 0 aromatic carbocycles. The zero-order valence-corrected chi connectivity index (χ0v) is 10.1. The first-order valence-electron chi connectivity index (χ1n) is 5.45. The Labute approximate surface area is 103 Å². The molecular formula is C11H14N2O3S. The van der Waals surface area contributed by atoms with Crippen LogP contribution in [0.4, 0.5) is 5.13 Å². The monoisotopic (exact) mass is 254 g/mol. The number of carbonyl (C=O) groups is 1. The third-order valence-electron chi connectivity index (χ3n) is 2.60. The molecular weight excluding hydrogens is 240 g/mol. The number of hydrogen-bond donors (Lipinski definition) is 2. The van der Waals surface area contributed by atoms with Gasteiger partial charge in [0.25, 0.3) is 0 Å². The molecule has 17 heavy (non-hydrogen) atoms. The third kappa shape index (κ3) is 3.04. The minimum Gasteiger partial charge on any atom is -0.478 e. The predicted molar refractivity (Wildman–Crippen MR) is 65.7 cm³/mol. The molecule has 6 heteroatoms. The average Bonchev–Trinajstić information content (AvgIpc) is 2.73. The van der Waals surface area contributed by atoms with Crippen LogP contribution in [-0.2, 0) is 9.53 Å². The molecule has 5 nitrogen and oxygen atoms in total. The second kappa shape index (κ2) is 5.29. The Morgan fingerprint density at radius 3 is 3.00 bits per heavy atom. The topological polar surface area (TPSA) is 85.4 Å². The minimum absolute atomic E-state index is 0.127. The van der Waals surface area contributed by atoms with Gasteiger partial charge in [0.2, 0.25) is 0 Å². The first-order chi connectivity index (χ1) is 8.16. The van der Waals surface area contributed by atoms with Crippen LogP contribution in [0.25, 0.3) is 5.57 Å². The fraction of sp³-hybridized carbons (Fsp3) is 0.455. The van der Waals surface area contributed by atoms with Gasteiger partial charge in [-0.1, -0.05) is 0 Å². The van der Waals surface area contributed by atoms with Crippen LogP contribution in [0.15, 0.2) is 11.5 Å². The van der Waals surface area contributed by atoms with E-state index in [2.05, 4.69) is 4.98 Å². The van der Waals surface area contributed by atoms with Crippen LogP contribution in [0.3, 0.4) is 0 Å². The highest BCUT2D eigenvalue weighted by atomic mass is 32.1. The van der Waals surface area contributed by atoms with Crippen molar-refractivity contribution >= 4 is 28.0 Å². The quantitative estimate of drug-likeness (QED) is 0.803. The maximum Gasteiger partial charge on any atom is 0.337 e. The van der Waals surface area contributed by atoms with Crippen molar-refractivity contribution in [3.63, 3.8) is 0 Å². The van der Waals surface area contributed by atoms with E-state index < -0.39 is 5.97 Å². The van der Waals surface area contributed by atoms with Crippen LogP contribution in [0.1, 0.15) is 25.0 Å². The van der Waals surface area contributed by atoms with Crippen LogP contribution < -0.4 is 5.73 Å². The maximum absolute atomic E-state index is 11.2. The predicted octanol–water partition coefficient (Wildman–Crippen LogP) is 1.76. The zero-order chi connectivity index (χ0) is 12.3. The molecule has 0 bridgehead atoms. The molecule has 1 aromatic heterocycles. The lowest BCUT2D eigenvalue weighted by molar-refractivity contribution is -0.130. The Morgan fingerprint density at radius 1 is 1.65 bits per heavy atom. The average molecular weight is 254 g/mol. The first-order valence-corrected chi connectivity index (χ1v) is 6.33. The minimum atomic E-state index is -0.996. The molecule has 2 heterocycles. The number of rotatable bonds is 3. The summed E-state index contributed by atoms with van der Waals surface area (Å²) >= 11 is 1.23. The Morgan fingerprint density at radius 2 is 2.47 bits per heavy atom. The molecule has 1 aromatic rings. The summed E-state index contributed by atoms with van der Waals surface area (Å²) in [5, 5.41) is 11.2. The Kier molecular flexibility index (Phi) is 3.75. The second-order valence-corrected chi connectivity index (χ2v) is 4.75. The van der Waals surface area contributed by atoms with E-state index >= 15 is 0 Å². The number of nitrogens with zero attached hydrogens (tertiary/aromatic N) is 1. The third-order valence-corrected chi connectivity index (χ3v) is 3.27. The number of aromatic nitrogens is 1. The molecule has 0 spiro atoms. The first kappa shape index (κ1) is 12.1. The second-order valence-electron chi connectivity index (χ2n) is 3.86. The molecule has 1 atom stereocenters. The number of thiazole rings is 1. The molecule has 3 N–H and O–H groups in total. The fourth-order valence-electron chi connectivity index (χ4n) is 1.76. The summed E-state index contributed by atoms with van der Waals surface area (Å²) in [6, 6.07) is 0. The lowest BCUT2D eigenvalue weighted by Gasteiger charge is -2.19. The highest BCUT2D eigenvalue weighted by Crippen LogP contribution is 2.23. The largest absolute Gasteiger partial charge is 0.478 e. The van der Waals surface area contributed by atoms with Gasteiger partial charge in [-0.15, -0.1) is 11.3 Å². The Balaban J connectivity index is 2.22. The summed E-state index contributed by atoms with van der Waals surface area (Å²) in [7, 11) is 0. The summed E-state index contributed by atoms with van der Waals surface area (Å²) in [5.41, 5.74) is 6.09. The van der Waals surface area contributed by atoms with Crippen molar-refractivity contribution in [2.75, 3.05) is 12.3 Å². The number of ether oxygens (including phenoxy) is 1. The van der Waals surface area contributed by atoms with E-state index in [1.54, 1.807) is 11.5 Å². The van der Waals surface area contributed by atoms with Gasteiger partial charge in [-0.3, -0.25) is 0 Å². The van der Waals surface area contributed by atoms with E-state index in [1.807, 2.05) is 0 Å². The summed E-state index contributed by atoms with van der Waals surface area (Å²) in [4.78, 5) is 15.2. The van der Waals surface area contributed by atoms with E-state index in [9.17, 15) is 4.79 Å². The molecule has 1 saturated heterocycles. The van der Waals surface area contributed by atoms with E-state index in [-0.39, 0.29) is 11.7 Å². The number of hydrogen-bond acceptors (Lipinski definition) is 5. The van der Waals surface area contributed by atoms with Crippen molar-refractivity contribution in [2.45, 2.75) is 25.4 Å². The van der Waals surface area contributed by atoms with E-state index in [0.29, 0.717) is 17.4 Å². The Hall–Kier alpha value is -1.40. The number of aliphatic carboxylic acids is 1. The van der Waals surface area contributed by atoms with Gasteiger partial charge in [0.05, 0.1) is 17.4 Å². The zero-order valence-electron chi connectivity index (χ0n) is 9.26. The van der Waals surface area contributed by atoms with Gasteiger partial charge in [-0.05, 0) is 25.3 Å². The molecule has 0 saturated carbocycles. The number of carboxylic acid groups (broad SMARTS) is 1. The van der Waals surface area contributed by atoms with Crippen LogP contribution in [-0.4, -0.2) is 28.8 Å². The van der Waals surface area contributed by atoms with Crippen molar-refractivity contribution in [1.82, 2.24) is 4.98 Å². The molecule has 0 amide bonds. The lowest BCUT2D eigenvalue weighted by Crippen LogP contribution is -2.18. The van der Waals surface area contributed by atoms with Gasteiger partial charge in [0.1, 0.15) is 0 Å². The van der Waals surface area contributed by atoms with Gasteiger partial charge in [0.15, 0.2) is 5.13 Å². The fourth-order valence-corrected chi connectivity index (χ4v) is 2.32. The van der Waals surface area contributed by atoms with Crippen molar-refractivity contribution in [1.29, 1.82) is 0 Å². The molecule has 0 aliphatic carbocycles. The molecule has 1 unspecified atom stereocenters. The van der Waals surface area contributed by atoms with Crippen LogP contribution in [0.2, 0.25) is 0 Å². The summed E-state index contributed by atoms with van der Waals surface area (Å²) in [6.45, 7) is 0.688. The highest BCUT2D eigenvalue weighted by Gasteiger charge is 2.18. The maximum atomic E-state index is 11.2. The van der Waals surface area contributed by atoms with E-state index in [4.69, 9.17) is 15.6 Å².